The summed E-state index contributed by atoms with van der Waals surface area (Å²) in [5, 5.41) is 8.42. The largest absolute Gasteiger partial charge is 0.403 e. The number of aromatic nitrogens is 2. The van der Waals surface area contributed by atoms with Crippen LogP contribution in [0.2, 0.25) is 0 Å². The molecule has 0 aliphatic carbocycles. The van der Waals surface area contributed by atoms with E-state index in [1.807, 2.05) is 24.3 Å². The highest BCUT2D eigenvalue weighted by Gasteiger charge is 2.30. The van der Waals surface area contributed by atoms with Crippen molar-refractivity contribution < 1.29 is 9.21 Å². The molecule has 0 atom stereocenters. The van der Waals surface area contributed by atoms with E-state index in [1.54, 1.807) is 0 Å². The molecule has 0 N–H and O–H groups in total. The maximum absolute atomic E-state index is 12.8. The van der Waals surface area contributed by atoms with Crippen molar-refractivity contribution in [1.29, 1.82) is 0 Å². The number of piperidine rings is 1. The fourth-order valence-corrected chi connectivity index (χ4v) is 4.02. The van der Waals surface area contributed by atoms with E-state index in [9.17, 15) is 4.79 Å². The van der Waals surface area contributed by atoms with Gasteiger partial charge in [-0.1, -0.05) is 35.6 Å². The lowest BCUT2D eigenvalue weighted by atomic mass is 9.95. The van der Waals surface area contributed by atoms with Gasteiger partial charge in [0.1, 0.15) is 0 Å². The van der Waals surface area contributed by atoms with Gasteiger partial charge in [-0.2, -0.15) is 0 Å². The highest BCUT2D eigenvalue weighted by atomic mass is 16.4. The molecular formula is C21H28N4O2. The maximum Gasteiger partial charge on any atom is 0.318 e. The first-order valence-electron chi connectivity index (χ1n) is 10.1. The fourth-order valence-electron chi connectivity index (χ4n) is 4.02. The number of hydrogen-bond donors (Lipinski definition) is 0. The summed E-state index contributed by atoms with van der Waals surface area (Å²) in [5.74, 6) is 1.04. The Morgan fingerprint density at radius 1 is 0.963 bits per heavy atom. The van der Waals surface area contributed by atoms with E-state index in [-0.39, 0.29) is 5.92 Å². The molecule has 6 nitrogen and oxygen atoms in total. The molecule has 2 aliphatic heterocycles. The Hall–Kier alpha value is -2.37. The molecular weight excluding hydrogens is 340 g/mol. The predicted molar refractivity (Wildman–Crippen MR) is 104 cm³/mol. The molecule has 0 radical (unpaired) electrons. The van der Waals surface area contributed by atoms with Crippen molar-refractivity contribution in [2.24, 2.45) is 5.92 Å². The van der Waals surface area contributed by atoms with E-state index in [2.05, 4.69) is 26.9 Å². The summed E-state index contributed by atoms with van der Waals surface area (Å²) in [6.07, 6.45) is 6.52. The van der Waals surface area contributed by atoms with Crippen LogP contribution in [0.1, 0.15) is 44.1 Å². The molecule has 1 amide bonds. The number of hydrogen-bond acceptors (Lipinski definition) is 5. The van der Waals surface area contributed by atoms with Crippen LogP contribution in [0.25, 0.3) is 11.5 Å². The van der Waals surface area contributed by atoms with Crippen LogP contribution in [-0.4, -0.2) is 47.2 Å². The maximum atomic E-state index is 12.8. The zero-order valence-electron chi connectivity index (χ0n) is 16.1. The van der Waals surface area contributed by atoms with E-state index in [4.69, 9.17) is 4.42 Å². The summed E-state index contributed by atoms with van der Waals surface area (Å²) in [6.45, 7) is 5.50. The lowest BCUT2D eigenvalue weighted by Gasteiger charge is -2.33. The number of carbonyl (C=O) groups excluding carboxylic acids is 1. The van der Waals surface area contributed by atoms with Gasteiger partial charge in [0.25, 0.3) is 0 Å². The molecule has 1 aromatic carbocycles. The van der Waals surface area contributed by atoms with Crippen LogP contribution in [0, 0.1) is 12.8 Å². The Balaban J connectivity index is 1.35. The highest BCUT2D eigenvalue weighted by molar-refractivity contribution is 5.79. The average Bonchev–Trinajstić information content (AvgIpc) is 3.03. The zero-order chi connectivity index (χ0) is 18.6. The number of carbonyl (C=O) groups is 1. The molecule has 27 heavy (non-hydrogen) atoms. The minimum absolute atomic E-state index is 0.138. The molecule has 2 aliphatic rings. The predicted octanol–water partition coefficient (Wildman–Crippen LogP) is 3.66. The average molecular weight is 368 g/mol. The third kappa shape index (κ3) is 4.15. The molecule has 1 aromatic heterocycles. The number of likely N-dealkylation sites (tertiary alicyclic amines) is 1. The Bertz CT molecular complexity index is 755. The van der Waals surface area contributed by atoms with Crippen molar-refractivity contribution in [3.63, 3.8) is 0 Å². The lowest BCUT2D eigenvalue weighted by Crippen LogP contribution is -2.43. The molecule has 0 bridgehead atoms. The van der Waals surface area contributed by atoms with Gasteiger partial charge in [0.2, 0.25) is 11.8 Å². The minimum atomic E-state index is 0.138. The zero-order valence-corrected chi connectivity index (χ0v) is 16.1. The van der Waals surface area contributed by atoms with Crippen molar-refractivity contribution in [2.75, 3.05) is 31.1 Å². The van der Waals surface area contributed by atoms with E-state index in [0.29, 0.717) is 17.8 Å². The summed E-state index contributed by atoms with van der Waals surface area (Å²) in [7, 11) is 0. The van der Waals surface area contributed by atoms with Crippen LogP contribution in [0.3, 0.4) is 0 Å². The Morgan fingerprint density at radius 2 is 1.63 bits per heavy atom. The van der Waals surface area contributed by atoms with Crippen LogP contribution in [0.4, 0.5) is 6.01 Å². The van der Waals surface area contributed by atoms with Crippen LogP contribution < -0.4 is 4.90 Å². The van der Waals surface area contributed by atoms with Crippen LogP contribution in [-0.2, 0) is 4.79 Å². The number of nitrogens with zero attached hydrogens (tertiary/aromatic N) is 4. The normalized spacial score (nSPS) is 19.1. The second kappa shape index (κ2) is 8.11. The number of benzene rings is 1. The molecule has 2 fully saturated rings. The monoisotopic (exact) mass is 368 g/mol. The topological polar surface area (TPSA) is 62.5 Å². The SMILES string of the molecule is Cc1ccc(-c2nnc(N3CCC(C(=O)N4CCCCCC4)CC3)o2)cc1. The summed E-state index contributed by atoms with van der Waals surface area (Å²) in [5.41, 5.74) is 2.14. The van der Waals surface area contributed by atoms with E-state index < -0.39 is 0 Å². The first-order valence-corrected chi connectivity index (χ1v) is 10.1. The standard InChI is InChI=1S/C21H28N4O2/c1-16-6-8-17(9-7-16)19-22-23-21(27-19)25-14-10-18(11-15-25)20(26)24-12-4-2-3-5-13-24/h6-9,18H,2-5,10-15H2,1H3. The number of amides is 1. The minimum Gasteiger partial charge on any atom is -0.403 e. The number of anilines is 1. The van der Waals surface area contributed by atoms with E-state index in [0.717, 1.165) is 57.4 Å². The second-order valence-electron chi connectivity index (χ2n) is 7.76. The summed E-state index contributed by atoms with van der Waals surface area (Å²) in [4.78, 5) is 17.0. The fraction of sp³-hybridized carbons (Fsp3) is 0.571. The van der Waals surface area contributed by atoms with Crippen LogP contribution in [0.5, 0.6) is 0 Å². The van der Waals surface area contributed by atoms with Gasteiger partial charge in [-0.15, -0.1) is 5.10 Å². The Kier molecular flexibility index (Phi) is 5.41. The van der Waals surface area contributed by atoms with E-state index >= 15 is 0 Å². The second-order valence-corrected chi connectivity index (χ2v) is 7.76. The lowest BCUT2D eigenvalue weighted by molar-refractivity contribution is -0.136. The first-order chi connectivity index (χ1) is 13.2. The van der Waals surface area contributed by atoms with Crippen molar-refractivity contribution in [3.05, 3.63) is 29.8 Å². The molecule has 3 heterocycles. The van der Waals surface area contributed by atoms with Crippen molar-refractivity contribution in [1.82, 2.24) is 15.1 Å². The molecule has 2 aromatic rings. The Labute approximate surface area is 160 Å². The summed E-state index contributed by atoms with van der Waals surface area (Å²) < 4.78 is 5.89. The van der Waals surface area contributed by atoms with Gasteiger partial charge in [-0.05, 0) is 44.7 Å². The Morgan fingerprint density at radius 3 is 2.30 bits per heavy atom. The van der Waals surface area contributed by atoms with Gasteiger partial charge < -0.3 is 14.2 Å². The summed E-state index contributed by atoms with van der Waals surface area (Å²) >= 11 is 0. The smallest absolute Gasteiger partial charge is 0.318 e. The van der Waals surface area contributed by atoms with Gasteiger partial charge in [-0.25, -0.2) is 0 Å². The van der Waals surface area contributed by atoms with Crippen LogP contribution in [0.15, 0.2) is 28.7 Å². The van der Waals surface area contributed by atoms with Crippen LogP contribution >= 0.6 is 0 Å². The van der Waals surface area contributed by atoms with Crippen molar-refractivity contribution in [3.8, 4) is 11.5 Å². The van der Waals surface area contributed by atoms with Gasteiger partial charge in [-0.3, -0.25) is 4.79 Å². The number of aryl methyl sites for hydroxylation is 1. The van der Waals surface area contributed by atoms with Gasteiger partial charge >= 0.3 is 6.01 Å². The molecule has 0 spiro atoms. The van der Waals surface area contributed by atoms with E-state index in [1.165, 1.54) is 18.4 Å². The molecule has 6 heteroatoms. The summed E-state index contributed by atoms with van der Waals surface area (Å²) in [6, 6.07) is 8.64. The molecule has 0 unspecified atom stereocenters. The molecule has 4 rings (SSSR count). The third-order valence-electron chi connectivity index (χ3n) is 5.75. The van der Waals surface area contributed by atoms with Gasteiger partial charge in [0.15, 0.2) is 0 Å². The van der Waals surface area contributed by atoms with Gasteiger partial charge in [0, 0.05) is 37.7 Å². The quantitative estimate of drug-likeness (QED) is 0.827. The highest BCUT2D eigenvalue weighted by Crippen LogP contribution is 2.27. The van der Waals surface area contributed by atoms with Crippen molar-refractivity contribution >= 4 is 11.9 Å². The molecule has 144 valence electrons. The van der Waals surface area contributed by atoms with Gasteiger partial charge in [0.05, 0.1) is 0 Å². The number of rotatable bonds is 3. The first kappa shape index (κ1) is 18.0. The molecule has 0 saturated carbocycles. The third-order valence-corrected chi connectivity index (χ3v) is 5.75. The molecule has 2 saturated heterocycles. The van der Waals surface area contributed by atoms with Crippen molar-refractivity contribution in [2.45, 2.75) is 45.4 Å².